The van der Waals surface area contributed by atoms with E-state index < -0.39 is 0 Å². The molecule has 0 bridgehead atoms. The maximum Gasteiger partial charge on any atom is 0.175 e. The second-order valence-corrected chi connectivity index (χ2v) is 4.18. The summed E-state index contributed by atoms with van der Waals surface area (Å²) in [5.41, 5.74) is 0.952. The molecule has 0 spiro atoms. The lowest BCUT2D eigenvalue weighted by Gasteiger charge is -2.12. The third-order valence-electron chi connectivity index (χ3n) is 2.42. The Morgan fingerprint density at radius 3 is 2.72 bits per heavy atom. The Labute approximate surface area is 106 Å². The molecular weight excluding hydrogens is 230 g/mol. The largest absolute Gasteiger partial charge is 0.383 e. The molecule has 0 aliphatic rings. The van der Waals surface area contributed by atoms with Gasteiger partial charge in [-0.2, -0.15) is 5.10 Å². The van der Waals surface area contributed by atoms with E-state index in [9.17, 15) is 0 Å². The molecule has 0 aliphatic heterocycles. The number of hydrogen-bond donors (Lipinski definition) is 1. The van der Waals surface area contributed by atoms with Crippen LogP contribution in [0.15, 0.2) is 24.4 Å². The van der Waals surface area contributed by atoms with E-state index in [2.05, 4.69) is 20.6 Å². The molecule has 0 amide bonds. The summed E-state index contributed by atoms with van der Waals surface area (Å²) < 4.78 is 6.75. The van der Waals surface area contributed by atoms with E-state index in [0.29, 0.717) is 12.4 Å². The third-order valence-corrected chi connectivity index (χ3v) is 2.42. The Hall–Kier alpha value is -1.95. The van der Waals surface area contributed by atoms with Gasteiger partial charge in [-0.1, -0.05) is 0 Å². The number of methoxy groups -OCH3 is 1. The molecular formula is C12H17N5O. The van der Waals surface area contributed by atoms with Gasteiger partial charge in [0.15, 0.2) is 5.82 Å². The molecule has 1 N–H and O–H groups in total. The van der Waals surface area contributed by atoms with Gasteiger partial charge in [0.25, 0.3) is 0 Å². The van der Waals surface area contributed by atoms with E-state index >= 15 is 0 Å². The van der Waals surface area contributed by atoms with Crippen LogP contribution < -0.4 is 5.32 Å². The highest BCUT2D eigenvalue weighted by molar-refractivity contribution is 5.37. The average Bonchev–Trinajstić information content (AvgIpc) is 2.77. The molecule has 2 rings (SSSR count). The van der Waals surface area contributed by atoms with Crippen molar-refractivity contribution in [1.82, 2.24) is 20.0 Å². The summed E-state index contributed by atoms with van der Waals surface area (Å²) in [5, 5.41) is 15.7. The molecule has 6 nitrogen and oxygen atoms in total. The normalized spacial score (nSPS) is 12.4. The Morgan fingerprint density at radius 2 is 2.17 bits per heavy atom. The minimum atomic E-state index is 0.196. The first-order valence-corrected chi connectivity index (χ1v) is 5.81. The fourth-order valence-corrected chi connectivity index (χ4v) is 1.61. The van der Waals surface area contributed by atoms with E-state index in [-0.39, 0.29) is 6.04 Å². The molecule has 0 aromatic carbocycles. The van der Waals surface area contributed by atoms with Gasteiger partial charge in [0.2, 0.25) is 0 Å². The topological polar surface area (TPSA) is 64.9 Å². The first-order valence-electron chi connectivity index (χ1n) is 5.81. The van der Waals surface area contributed by atoms with Crippen molar-refractivity contribution in [2.45, 2.75) is 19.9 Å². The summed E-state index contributed by atoms with van der Waals surface area (Å²) in [6, 6.07) is 5.88. The molecule has 0 fully saturated rings. The number of hydrogen-bond acceptors (Lipinski definition) is 5. The summed E-state index contributed by atoms with van der Waals surface area (Å²) in [5.74, 6) is 1.43. The zero-order valence-electron chi connectivity index (χ0n) is 10.8. The molecule has 1 atom stereocenters. The quantitative estimate of drug-likeness (QED) is 0.865. The van der Waals surface area contributed by atoms with E-state index in [4.69, 9.17) is 4.74 Å². The fraction of sp³-hybridized carbons (Fsp3) is 0.417. The van der Waals surface area contributed by atoms with Crippen molar-refractivity contribution in [3.63, 3.8) is 0 Å². The van der Waals surface area contributed by atoms with Crippen LogP contribution in [0, 0.1) is 6.92 Å². The number of nitrogens with zero attached hydrogens (tertiary/aromatic N) is 4. The standard InChI is InChI=1S/C12H17N5O/c1-9-6-7-17(16-9)12-5-4-11(14-15-12)13-10(2)8-18-3/h4-7,10H,8H2,1-3H3,(H,13,14). The van der Waals surface area contributed by atoms with Crippen LogP contribution in [0.3, 0.4) is 0 Å². The Kier molecular flexibility index (Phi) is 3.88. The number of rotatable bonds is 5. The van der Waals surface area contributed by atoms with Crippen LogP contribution in [0.4, 0.5) is 5.82 Å². The predicted octanol–water partition coefficient (Wildman–Crippen LogP) is 1.42. The van der Waals surface area contributed by atoms with E-state index in [1.165, 1.54) is 0 Å². The van der Waals surface area contributed by atoms with Crippen molar-refractivity contribution < 1.29 is 4.74 Å². The highest BCUT2D eigenvalue weighted by atomic mass is 16.5. The Morgan fingerprint density at radius 1 is 1.33 bits per heavy atom. The van der Waals surface area contributed by atoms with Gasteiger partial charge < -0.3 is 10.1 Å². The zero-order valence-corrected chi connectivity index (χ0v) is 10.8. The molecule has 2 aromatic heterocycles. The van der Waals surface area contributed by atoms with Crippen molar-refractivity contribution >= 4 is 5.82 Å². The SMILES string of the molecule is COCC(C)Nc1ccc(-n2ccc(C)n2)nn1. The van der Waals surface area contributed by atoms with Crippen LogP contribution in [0.1, 0.15) is 12.6 Å². The number of aryl methyl sites for hydroxylation is 1. The van der Waals surface area contributed by atoms with Gasteiger partial charge in [-0.25, -0.2) is 4.68 Å². The van der Waals surface area contributed by atoms with Gasteiger partial charge in [0.1, 0.15) is 5.82 Å². The van der Waals surface area contributed by atoms with Gasteiger partial charge in [0, 0.05) is 19.3 Å². The predicted molar refractivity (Wildman–Crippen MR) is 68.9 cm³/mol. The lowest BCUT2D eigenvalue weighted by Crippen LogP contribution is -2.21. The van der Waals surface area contributed by atoms with Crippen LogP contribution in [-0.4, -0.2) is 39.7 Å². The molecule has 0 aliphatic carbocycles. The first-order chi connectivity index (χ1) is 8.69. The smallest absolute Gasteiger partial charge is 0.175 e. The zero-order chi connectivity index (χ0) is 13.0. The molecule has 6 heteroatoms. The minimum absolute atomic E-state index is 0.196. The number of anilines is 1. The molecule has 0 saturated carbocycles. The monoisotopic (exact) mass is 247 g/mol. The molecule has 1 unspecified atom stereocenters. The average molecular weight is 247 g/mol. The van der Waals surface area contributed by atoms with E-state index in [0.717, 1.165) is 11.5 Å². The van der Waals surface area contributed by atoms with Gasteiger partial charge in [-0.3, -0.25) is 0 Å². The van der Waals surface area contributed by atoms with Crippen LogP contribution >= 0.6 is 0 Å². The van der Waals surface area contributed by atoms with Crippen molar-refractivity contribution in [2.24, 2.45) is 0 Å². The second-order valence-electron chi connectivity index (χ2n) is 4.18. The highest BCUT2D eigenvalue weighted by Gasteiger charge is 2.04. The van der Waals surface area contributed by atoms with E-state index in [1.54, 1.807) is 11.8 Å². The summed E-state index contributed by atoms with van der Waals surface area (Å²) in [4.78, 5) is 0. The minimum Gasteiger partial charge on any atom is -0.383 e. The summed E-state index contributed by atoms with van der Waals surface area (Å²) in [6.07, 6.45) is 1.86. The van der Waals surface area contributed by atoms with Gasteiger partial charge in [0.05, 0.1) is 12.3 Å². The maximum absolute atomic E-state index is 5.05. The molecule has 0 saturated heterocycles. The number of aromatic nitrogens is 4. The highest BCUT2D eigenvalue weighted by Crippen LogP contribution is 2.07. The van der Waals surface area contributed by atoms with Crippen LogP contribution in [-0.2, 0) is 4.74 Å². The van der Waals surface area contributed by atoms with Crippen LogP contribution in [0.2, 0.25) is 0 Å². The summed E-state index contributed by atoms with van der Waals surface area (Å²) >= 11 is 0. The fourth-order valence-electron chi connectivity index (χ4n) is 1.61. The van der Waals surface area contributed by atoms with Gasteiger partial charge in [-0.15, -0.1) is 10.2 Å². The molecule has 96 valence electrons. The third kappa shape index (κ3) is 3.04. The number of ether oxygens (including phenoxy) is 1. The molecule has 2 aromatic rings. The van der Waals surface area contributed by atoms with E-state index in [1.807, 2.05) is 38.2 Å². The summed E-state index contributed by atoms with van der Waals surface area (Å²) in [6.45, 7) is 4.59. The Balaban J connectivity index is 2.06. The summed E-state index contributed by atoms with van der Waals surface area (Å²) in [7, 11) is 1.67. The second kappa shape index (κ2) is 5.59. The van der Waals surface area contributed by atoms with Crippen LogP contribution in [0.5, 0.6) is 0 Å². The molecule has 0 radical (unpaired) electrons. The van der Waals surface area contributed by atoms with Crippen LogP contribution in [0.25, 0.3) is 5.82 Å². The van der Waals surface area contributed by atoms with Crippen molar-refractivity contribution in [1.29, 1.82) is 0 Å². The van der Waals surface area contributed by atoms with Gasteiger partial charge in [-0.05, 0) is 32.0 Å². The number of nitrogens with one attached hydrogen (secondary N) is 1. The Bertz CT molecular complexity index is 493. The molecule has 18 heavy (non-hydrogen) atoms. The lowest BCUT2D eigenvalue weighted by molar-refractivity contribution is 0.190. The van der Waals surface area contributed by atoms with Gasteiger partial charge >= 0.3 is 0 Å². The van der Waals surface area contributed by atoms with Crippen molar-refractivity contribution in [2.75, 3.05) is 19.0 Å². The van der Waals surface area contributed by atoms with Crippen molar-refractivity contribution in [3.05, 3.63) is 30.1 Å². The van der Waals surface area contributed by atoms with Crippen molar-refractivity contribution in [3.8, 4) is 5.82 Å². The maximum atomic E-state index is 5.05. The lowest BCUT2D eigenvalue weighted by atomic mass is 10.3. The molecule has 2 heterocycles. The first kappa shape index (κ1) is 12.5.